The minimum Gasteiger partial charge on any atom is -0.456 e. The van der Waals surface area contributed by atoms with Crippen molar-refractivity contribution in [2.24, 2.45) is 29.6 Å². The largest absolute Gasteiger partial charge is 0.456 e. The number of carbonyl (C=O) groups is 5. The number of rotatable bonds is 10. The van der Waals surface area contributed by atoms with Crippen molar-refractivity contribution >= 4 is 40.2 Å². The molecule has 15 heteroatoms. The zero-order chi connectivity index (χ0) is 49.5. The summed E-state index contributed by atoms with van der Waals surface area (Å²) in [6.07, 6.45) is 5.03. The Morgan fingerprint density at radius 1 is 0.956 bits per heavy atom. The van der Waals surface area contributed by atoms with Gasteiger partial charge in [-0.3, -0.25) is 19.2 Å². The van der Waals surface area contributed by atoms with Crippen LogP contribution in [0.2, 0.25) is 0 Å². The highest BCUT2D eigenvalue weighted by molar-refractivity contribution is 6.39. The number of amides is 1. The van der Waals surface area contributed by atoms with Gasteiger partial charge in [0.15, 0.2) is 11.5 Å². The quantitative estimate of drug-likeness (QED) is 0.0782. The zero-order valence-corrected chi connectivity index (χ0v) is 41.5. The Bertz CT molecular complexity index is 2120. The van der Waals surface area contributed by atoms with Crippen molar-refractivity contribution in [3.8, 4) is 0 Å². The highest BCUT2D eigenvalue weighted by atomic mass is 16.7. The first kappa shape index (κ1) is 53.3. The fraction of sp³-hybridized carbons (Fsp3) is 0.679. The third kappa shape index (κ3) is 11.9. The molecule has 4 aliphatic rings. The Morgan fingerprint density at radius 3 is 2.38 bits per heavy atom. The second-order valence-electron chi connectivity index (χ2n) is 20.0. The number of ether oxygens (including phenoxy) is 6. The summed E-state index contributed by atoms with van der Waals surface area (Å²) in [7, 11) is 4.56. The van der Waals surface area contributed by atoms with Gasteiger partial charge in [-0.2, -0.15) is 0 Å². The van der Waals surface area contributed by atoms with E-state index in [-0.39, 0.29) is 67.4 Å². The van der Waals surface area contributed by atoms with Gasteiger partial charge in [0.25, 0.3) is 11.7 Å². The molecule has 1 aromatic heterocycles. The molecule has 376 valence electrons. The van der Waals surface area contributed by atoms with Crippen molar-refractivity contribution in [1.82, 2.24) is 4.90 Å². The van der Waals surface area contributed by atoms with Crippen LogP contribution in [-0.4, -0.2) is 127 Å². The molecule has 6 rings (SSSR count). The molecule has 2 aromatic rings. The van der Waals surface area contributed by atoms with Crippen LogP contribution in [0.5, 0.6) is 0 Å². The van der Waals surface area contributed by atoms with Crippen molar-refractivity contribution in [3.63, 3.8) is 0 Å². The van der Waals surface area contributed by atoms with E-state index < -0.39 is 71.3 Å². The Labute approximate surface area is 401 Å². The molecule has 1 aromatic carbocycles. The van der Waals surface area contributed by atoms with E-state index in [1.165, 1.54) is 19.1 Å². The molecule has 1 amide bonds. The summed E-state index contributed by atoms with van der Waals surface area (Å²) in [5.74, 6) is -9.26. The lowest BCUT2D eigenvalue weighted by molar-refractivity contribution is -0.344. The van der Waals surface area contributed by atoms with Crippen LogP contribution in [0.15, 0.2) is 58.0 Å². The first-order chi connectivity index (χ1) is 32.4. The number of Topliss-reactive ketones (excluding diaryl/α,β-unsaturated/α-hetero) is 3. The van der Waals surface area contributed by atoms with E-state index >= 15 is 0 Å². The molecule has 0 spiro atoms. The van der Waals surface area contributed by atoms with E-state index in [9.17, 15) is 34.2 Å². The lowest BCUT2D eigenvalue weighted by Crippen LogP contribution is -2.64. The van der Waals surface area contributed by atoms with Crippen LogP contribution < -0.4 is 0 Å². The number of aliphatic hydroxyl groups is 2. The number of furan rings is 1. The second kappa shape index (κ2) is 23.2. The monoisotopic (exact) mass is 950 g/mol. The molecular weight excluding hydrogens is 875 g/mol. The molecule has 2 saturated heterocycles. The predicted octanol–water partition coefficient (Wildman–Crippen LogP) is 7.48. The minimum atomic E-state index is -2.53. The van der Waals surface area contributed by atoms with Crippen molar-refractivity contribution in [2.45, 2.75) is 167 Å². The highest BCUT2D eigenvalue weighted by Crippen LogP contribution is 2.42. The van der Waals surface area contributed by atoms with Crippen LogP contribution in [-0.2, 0) is 47.6 Å². The average molecular weight is 950 g/mol. The summed E-state index contributed by atoms with van der Waals surface area (Å²) in [5.41, 5.74) is 2.22. The fourth-order valence-corrected chi connectivity index (χ4v) is 11.0. The molecule has 68 heavy (non-hydrogen) atoms. The number of benzene rings is 1. The molecule has 0 radical (unpaired) electrons. The predicted molar refractivity (Wildman–Crippen MR) is 252 cm³/mol. The van der Waals surface area contributed by atoms with Gasteiger partial charge in [0, 0.05) is 63.9 Å². The normalized spacial score (nSPS) is 34.2. The van der Waals surface area contributed by atoms with Crippen LogP contribution >= 0.6 is 0 Å². The standard InChI is InChI=1S/C53H75NO14/c1-10-37-24-31(2)23-32(3)29-52(63-8,64-9)47-21-18-34(5)53(61,68-47)49(58)50(59)54-22-14-13-16-39(54)51(60)67-48(35(6)40(55)28-41(37)56)33(4)25-36-19-20-44(46(26-36)62-7)65-30-42(57)45-27-38-15-11-12-17-43(38)66-45/h11-12,15,17,24-25,27,32,34-37,39-40,44,46-48,55,61H,10,13-14,16,18-23,26,28-30H2,1-9H3. The van der Waals surface area contributed by atoms with Crippen LogP contribution in [0.1, 0.15) is 129 Å². The van der Waals surface area contributed by atoms with Gasteiger partial charge in [0.05, 0.1) is 18.3 Å². The van der Waals surface area contributed by atoms with Crippen LogP contribution in [0.4, 0.5) is 0 Å². The van der Waals surface area contributed by atoms with Crippen molar-refractivity contribution in [1.29, 1.82) is 0 Å². The molecule has 3 fully saturated rings. The first-order valence-electron chi connectivity index (χ1n) is 24.7. The lowest BCUT2D eigenvalue weighted by Gasteiger charge is -2.48. The van der Waals surface area contributed by atoms with Gasteiger partial charge in [-0.1, -0.05) is 63.6 Å². The van der Waals surface area contributed by atoms with Gasteiger partial charge in [-0.05, 0) is 108 Å². The Morgan fingerprint density at radius 2 is 1.69 bits per heavy atom. The maximum Gasteiger partial charge on any atom is 0.329 e. The SMILES string of the molecule is CCC1C=C(C)CC(C)CC(OC)(OC)C2CCC(C)C(O)(O2)C(=O)C(=O)N2CCCCC2C(=O)OC(C(C)=CC2CCC(OCC(=O)c3cc4ccccc4o3)C(OC)C2)C(C)C(O)CC1=O. The number of fused-ring (bicyclic) bond motifs is 4. The van der Waals surface area contributed by atoms with Gasteiger partial charge >= 0.3 is 5.97 Å². The number of ketones is 3. The Balaban J connectivity index is 1.27. The number of hydrogen-bond acceptors (Lipinski definition) is 14. The van der Waals surface area contributed by atoms with Crippen molar-refractivity contribution in [2.75, 3.05) is 34.5 Å². The zero-order valence-electron chi connectivity index (χ0n) is 41.5. The average Bonchev–Trinajstić information content (AvgIpc) is 3.78. The highest BCUT2D eigenvalue weighted by Gasteiger charge is 2.57. The fourth-order valence-electron chi connectivity index (χ4n) is 11.0. The number of cyclic esters (lactones) is 1. The lowest BCUT2D eigenvalue weighted by atomic mass is 9.81. The number of carbonyl (C=O) groups excluding carboxylic acids is 5. The number of piperidine rings is 1. The van der Waals surface area contributed by atoms with E-state index in [0.717, 1.165) is 11.0 Å². The number of methoxy groups -OCH3 is 3. The van der Waals surface area contributed by atoms with Crippen LogP contribution in [0, 0.1) is 29.6 Å². The van der Waals surface area contributed by atoms with Crippen LogP contribution in [0.25, 0.3) is 11.0 Å². The third-order valence-corrected chi connectivity index (χ3v) is 15.1. The molecule has 3 aliphatic heterocycles. The molecule has 1 saturated carbocycles. The summed E-state index contributed by atoms with van der Waals surface area (Å²) >= 11 is 0. The first-order valence-corrected chi connectivity index (χ1v) is 24.7. The maximum absolute atomic E-state index is 14.5. The number of hydrogen-bond donors (Lipinski definition) is 2. The number of esters is 1. The summed E-state index contributed by atoms with van der Waals surface area (Å²) in [4.78, 5) is 71.6. The van der Waals surface area contributed by atoms with E-state index in [1.54, 1.807) is 33.1 Å². The smallest absolute Gasteiger partial charge is 0.329 e. The van der Waals surface area contributed by atoms with E-state index in [1.807, 2.05) is 58.0 Å². The van der Waals surface area contributed by atoms with Crippen molar-refractivity contribution < 1.29 is 67.0 Å². The molecule has 4 heterocycles. The molecule has 12 atom stereocenters. The van der Waals surface area contributed by atoms with E-state index in [4.69, 9.17) is 32.8 Å². The van der Waals surface area contributed by atoms with E-state index in [0.29, 0.717) is 75.4 Å². The molecule has 1 aliphatic carbocycles. The molecule has 2 N–H and O–H groups in total. The van der Waals surface area contributed by atoms with Gasteiger partial charge in [0.2, 0.25) is 11.6 Å². The van der Waals surface area contributed by atoms with Gasteiger partial charge in [-0.15, -0.1) is 0 Å². The molecule has 15 nitrogen and oxygen atoms in total. The van der Waals surface area contributed by atoms with Crippen molar-refractivity contribution in [3.05, 3.63) is 59.4 Å². The van der Waals surface area contributed by atoms with Gasteiger partial charge in [-0.25, -0.2) is 4.79 Å². The van der Waals surface area contributed by atoms with Gasteiger partial charge < -0.3 is 48.0 Å². The molecular formula is C53H75NO14. The van der Waals surface area contributed by atoms with E-state index in [2.05, 4.69) is 0 Å². The summed E-state index contributed by atoms with van der Waals surface area (Å²) in [6, 6.07) is 7.95. The van der Waals surface area contributed by atoms with Crippen LogP contribution in [0.3, 0.4) is 0 Å². The summed E-state index contributed by atoms with van der Waals surface area (Å²) < 4.78 is 42.4. The molecule has 2 bridgehead atoms. The summed E-state index contributed by atoms with van der Waals surface area (Å²) in [6.45, 7) is 11.0. The second-order valence-corrected chi connectivity index (χ2v) is 20.0. The number of para-hydroxylation sites is 1. The maximum atomic E-state index is 14.5. The Hall–Kier alpha value is -4.09. The Kier molecular flexibility index (Phi) is 18.2. The topological polar surface area (TPSA) is 198 Å². The molecule has 12 unspecified atom stereocenters. The number of nitrogens with zero attached hydrogens (tertiary/aromatic N) is 1. The number of allylic oxidation sites excluding steroid dienone is 3. The minimum absolute atomic E-state index is 0.0666. The summed E-state index contributed by atoms with van der Waals surface area (Å²) in [5, 5.41) is 24.8. The number of aliphatic hydroxyl groups excluding tert-OH is 1. The van der Waals surface area contributed by atoms with Gasteiger partial charge in [0.1, 0.15) is 36.2 Å². The third-order valence-electron chi connectivity index (χ3n) is 15.1.